The molecule has 0 saturated carbocycles. The number of nitrogens with two attached hydrogens (primary N) is 1. The lowest BCUT2D eigenvalue weighted by Gasteiger charge is -2.20. The Bertz CT molecular complexity index is 394. The Morgan fingerprint density at radius 1 is 1.47 bits per heavy atom. The molecule has 0 aliphatic heterocycles. The molecule has 0 heterocycles. The minimum atomic E-state index is -0.268. The van der Waals surface area contributed by atoms with E-state index in [4.69, 9.17) is 12.2 Å². The SMILES string of the molecule is C#CCN(CC)C(=O)CC(N)c1ccccc1. The minimum Gasteiger partial charge on any atom is -0.332 e. The number of carbonyl (C=O) groups excluding carboxylic acids is 1. The van der Waals surface area contributed by atoms with Crippen LogP contribution in [0.3, 0.4) is 0 Å². The molecule has 3 heteroatoms. The monoisotopic (exact) mass is 230 g/mol. The molecule has 1 amide bonds. The molecule has 1 atom stereocenters. The molecule has 1 rings (SSSR count). The van der Waals surface area contributed by atoms with Gasteiger partial charge in [0.1, 0.15) is 0 Å². The summed E-state index contributed by atoms with van der Waals surface area (Å²) in [6.45, 7) is 2.87. The molecular formula is C14H18N2O. The Balaban J connectivity index is 2.60. The number of amides is 1. The Morgan fingerprint density at radius 2 is 2.12 bits per heavy atom. The summed E-state index contributed by atoms with van der Waals surface area (Å²) in [4.78, 5) is 13.5. The summed E-state index contributed by atoms with van der Waals surface area (Å²) in [5.41, 5.74) is 6.96. The highest BCUT2D eigenvalue weighted by atomic mass is 16.2. The lowest BCUT2D eigenvalue weighted by molar-refractivity contribution is -0.130. The van der Waals surface area contributed by atoms with Crippen molar-refractivity contribution in [1.29, 1.82) is 0 Å². The molecule has 1 aromatic rings. The van der Waals surface area contributed by atoms with Crippen LogP contribution in [-0.4, -0.2) is 23.9 Å². The second-order valence-electron chi connectivity index (χ2n) is 3.83. The number of hydrogen-bond donors (Lipinski definition) is 1. The number of rotatable bonds is 5. The maximum Gasteiger partial charge on any atom is 0.225 e. The van der Waals surface area contributed by atoms with E-state index in [0.717, 1.165) is 5.56 Å². The van der Waals surface area contributed by atoms with Crippen LogP contribution in [0, 0.1) is 12.3 Å². The molecule has 2 N–H and O–H groups in total. The van der Waals surface area contributed by atoms with E-state index in [9.17, 15) is 4.79 Å². The zero-order valence-electron chi connectivity index (χ0n) is 10.1. The van der Waals surface area contributed by atoms with Crippen molar-refractivity contribution in [3.63, 3.8) is 0 Å². The lowest BCUT2D eigenvalue weighted by Crippen LogP contribution is -2.33. The van der Waals surface area contributed by atoms with Crippen molar-refractivity contribution >= 4 is 5.91 Å². The third-order valence-corrected chi connectivity index (χ3v) is 2.64. The summed E-state index contributed by atoms with van der Waals surface area (Å²) in [7, 11) is 0. The minimum absolute atomic E-state index is 0.00167. The summed E-state index contributed by atoms with van der Waals surface area (Å²) < 4.78 is 0. The highest BCUT2D eigenvalue weighted by molar-refractivity contribution is 5.77. The fourth-order valence-corrected chi connectivity index (χ4v) is 1.62. The van der Waals surface area contributed by atoms with E-state index in [0.29, 0.717) is 19.5 Å². The third-order valence-electron chi connectivity index (χ3n) is 2.64. The van der Waals surface area contributed by atoms with Crippen LogP contribution in [0.5, 0.6) is 0 Å². The molecule has 0 bridgehead atoms. The van der Waals surface area contributed by atoms with Crippen molar-refractivity contribution in [1.82, 2.24) is 4.90 Å². The van der Waals surface area contributed by atoms with Gasteiger partial charge in [-0.25, -0.2) is 0 Å². The number of terminal acetylenes is 1. The van der Waals surface area contributed by atoms with Gasteiger partial charge in [0.25, 0.3) is 0 Å². The standard InChI is InChI=1S/C14H18N2O/c1-3-10-16(4-2)14(17)11-13(15)12-8-6-5-7-9-12/h1,5-9,13H,4,10-11,15H2,2H3. The van der Waals surface area contributed by atoms with Crippen molar-refractivity contribution in [2.45, 2.75) is 19.4 Å². The van der Waals surface area contributed by atoms with Crippen LogP contribution in [0.1, 0.15) is 24.9 Å². The van der Waals surface area contributed by atoms with Crippen LogP contribution in [0.15, 0.2) is 30.3 Å². The van der Waals surface area contributed by atoms with Gasteiger partial charge in [0.2, 0.25) is 5.91 Å². The largest absolute Gasteiger partial charge is 0.332 e. The number of nitrogens with zero attached hydrogens (tertiary/aromatic N) is 1. The van der Waals surface area contributed by atoms with Crippen LogP contribution < -0.4 is 5.73 Å². The Hall–Kier alpha value is -1.79. The topological polar surface area (TPSA) is 46.3 Å². The smallest absolute Gasteiger partial charge is 0.225 e. The summed E-state index contributed by atoms with van der Waals surface area (Å²) in [5.74, 6) is 2.48. The van der Waals surface area contributed by atoms with Gasteiger partial charge in [0.05, 0.1) is 6.54 Å². The number of benzene rings is 1. The Kier molecular flexibility index (Phi) is 5.25. The van der Waals surface area contributed by atoms with Gasteiger partial charge in [0.15, 0.2) is 0 Å². The first-order chi connectivity index (χ1) is 8.19. The van der Waals surface area contributed by atoms with E-state index >= 15 is 0 Å². The van der Waals surface area contributed by atoms with E-state index in [1.54, 1.807) is 4.90 Å². The maximum absolute atomic E-state index is 11.9. The molecule has 90 valence electrons. The molecule has 3 nitrogen and oxygen atoms in total. The van der Waals surface area contributed by atoms with Gasteiger partial charge in [-0.05, 0) is 12.5 Å². The van der Waals surface area contributed by atoms with Gasteiger partial charge in [-0.3, -0.25) is 4.79 Å². The highest BCUT2D eigenvalue weighted by Crippen LogP contribution is 2.14. The van der Waals surface area contributed by atoms with Gasteiger partial charge in [-0.15, -0.1) is 6.42 Å². The summed E-state index contributed by atoms with van der Waals surface area (Å²) in [6, 6.07) is 9.34. The Labute approximate surface area is 103 Å². The molecule has 0 aliphatic rings. The molecule has 0 aliphatic carbocycles. The predicted octanol–water partition coefficient (Wildman–Crippen LogP) is 1.56. The first-order valence-electron chi connectivity index (χ1n) is 5.70. The van der Waals surface area contributed by atoms with Crippen molar-refractivity contribution in [2.24, 2.45) is 5.73 Å². The van der Waals surface area contributed by atoms with E-state index < -0.39 is 0 Å². The quantitative estimate of drug-likeness (QED) is 0.780. The number of carbonyl (C=O) groups is 1. The fraction of sp³-hybridized carbons (Fsp3) is 0.357. The molecule has 1 unspecified atom stereocenters. The summed E-state index contributed by atoms with van der Waals surface area (Å²) in [6.07, 6.45) is 5.50. The summed E-state index contributed by atoms with van der Waals surface area (Å²) in [5, 5.41) is 0. The van der Waals surface area contributed by atoms with Gasteiger partial charge >= 0.3 is 0 Å². The molecule has 0 saturated heterocycles. The van der Waals surface area contributed by atoms with E-state index in [1.165, 1.54) is 0 Å². The van der Waals surface area contributed by atoms with Gasteiger partial charge in [-0.1, -0.05) is 36.3 Å². The lowest BCUT2D eigenvalue weighted by atomic mass is 10.0. The first kappa shape index (κ1) is 13.3. The molecule has 0 spiro atoms. The van der Waals surface area contributed by atoms with Crippen LogP contribution in [0.4, 0.5) is 0 Å². The van der Waals surface area contributed by atoms with E-state index in [-0.39, 0.29) is 11.9 Å². The molecular weight excluding hydrogens is 212 g/mol. The average Bonchev–Trinajstić information content (AvgIpc) is 2.36. The first-order valence-corrected chi connectivity index (χ1v) is 5.70. The second kappa shape index (κ2) is 6.72. The molecule has 0 radical (unpaired) electrons. The van der Waals surface area contributed by atoms with Crippen LogP contribution in [0.25, 0.3) is 0 Å². The fourth-order valence-electron chi connectivity index (χ4n) is 1.62. The van der Waals surface area contributed by atoms with Crippen LogP contribution in [-0.2, 0) is 4.79 Å². The molecule has 1 aromatic carbocycles. The molecule has 0 fully saturated rings. The molecule has 17 heavy (non-hydrogen) atoms. The van der Waals surface area contributed by atoms with Gasteiger partial charge < -0.3 is 10.6 Å². The molecule has 0 aromatic heterocycles. The van der Waals surface area contributed by atoms with Crippen LogP contribution in [0.2, 0.25) is 0 Å². The number of hydrogen-bond acceptors (Lipinski definition) is 2. The zero-order chi connectivity index (χ0) is 12.7. The van der Waals surface area contributed by atoms with E-state index in [2.05, 4.69) is 5.92 Å². The second-order valence-corrected chi connectivity index (χ2v) is 3.83. The third kappa shape index (κ3) is 3.93. The van der Waals surface area contributed by atoms with Gasteiger partial charge in [-0.2, -0.15) is 0 Å². The highest BCUT2D eigenvalue weighted by Gasteiger charge is 2.15. The van der Waals surface area contributed by atoms with Crippen LogP contribution >= 0.6 is 0 Å². The van der Waals surface area contributed by atoms with Gasteiger partial charge in [0, 0.05) is 19.0 Å². The predicted molar refractivity (Wildman–Crippen MR) is 69.1 cm³/mol. The van der Waals surface area contributed by atoms with Crippen molar-refractivity contribution < 1.29 is 4.79 Å². The van der Waals surface area contributed by atoms with Crippen molar-refractivity contribution in [2.75, 3.05) is 13.1 Å². The van der Waals surface area contributed by atoms with Crippen molar-refractivity contribution in [3.05, 3.63) is 35.9 Å². The zero-order valence-corrected chi connectivity index (χ0v) is 10.1. The Morgan fingerprint density at radius 3 is 2.65 bits per heavy atom. The maximum atomic E-state index is 11.9. The average molecular weight is 230 g/mol. The van der Waals surface area contributed by atoms with Crippen molar-refractivity contribution in [3.8, 4) is 12.3 Å². The van der Waals surface area contributed by atoms with E-state index in [1.807, 2.05) is 37.3 Å². The normalized spacial score (nSPS) is 11.6. The summed E-state index contributed by atoms with van der Waals surface area (Å²) >= 11 is 0.